The lowest BCUT2D eigenvalue weighted by atomic mass is 10.1. The van der Waals surface area contributed by atoms with Gasteiger partial charge in [-0.3, -0.25) is 0 Å². The summed E-state index contributed by atoms with van der Waals surface area (Å²) in [5.74, 6) is 1.50. The summed E-state index contributed by atoms with van der Waals surface area (Å²) in [5.41, 5.74) is 3.41. The van der Waals surface area contributed by atoms with Crippen molar-refractivity contribution in [1.29, 1.82) is 0 Å². The number of hydrogen-bond acceptors (Lipinski definition) is 4. The smallest absolute Gasteiger partial charge is 0.225 e. The molecule has 0 spiro atoms. The zero-order valence-corrected chi connectivity index (χ0v) is 13.5. The van der Waals surface area contributed by atoms with E-state index in [0.717, 1.165) is 18.1 Å². The first-order valence-corrected chi connectivity index (χ1v) is 7.25. The summed E-state index contributed by atoms with van der Waals surface area (Å²) in [6.45, 7) is 11.1. The average molecular weight is 284 g/mol. The van der Waals surface area contributed by atoms with Crippen molar-refractivity contribution in [3.05, 3.63) is 47.2 Å². The Labute approximate surface area is 127 Å². The van der Waals surface area contributed by atoms with Crippen LogP contribution in [0.25, 0.3) is 0 Å². The van der Waals surface area contributed by atoms with E-state index in [1.54, 1.807) is 0 Å². The lowest BCUT2D eigenvalue weighted by Crippen LogP contribution is -2.27. The highest BCUT2D eigenvalue weighted by Gasteiger charge is 2.11. The molecule has 21 heavy (non-hydrogen) atoms. The van der Waals surface area contributed by atoms with Gasteiger partial charge in [0.2, 0.25) is 5.95 Å². The molecule has 2 N–H and O–H groups in total. The summed E-state index contributed by atoms with van der Waals surface area (Å²) in [7, 11) is 0. The first-order valence-electron chi connectivity index (χ1n) is 7.25. The topological polar surface area (TPSA) is 49.8 Å². The van der Waals surface area contributed by atoms with Crippen molar-refractivity contribution in [3.63, 3.8) is 0 Å². The van der Waals surface area contributed by atoms with Crippen molar-refractivity contribution in [2.24, 2.45) is 0 Å². The predicted octanol–water partition coefficient (Wildman–Crippen LogP) is 3.92. The normalized spacial score (nSPS) is 11.3. The summed E-state index contributed by atoms with van der Waals surface area (Å²) < 4.78 is 0. The standard InChI is InChI=1S/C17H24N4/c1-12-6-8-14(9-7-12)11-18-16-19-13(2)10-15(20-16)21-17(3,4)5/h6-10H,11H2,1-5H3,(H2,18,19,20,21). The third kappa shape index (κ3) is 5.06. The van der Waals surface area contributed by atoms with Crippen molar-refractivity contribution in [3.8, 4) is 0 Å². The molecule has 0 unspecified atom stereocenters. The van der Waals surface area contributed by atoms with Gasteiger partial charge in [0.1, 0.15) is 5.82 Å². The number of aryl methyl sites for hydroxylation is 2. The van der Waals surface area contributed by atoms with Crippen LogP contribution in [0.2, 0.25) is 0 Å². The molecule has 0 saturated carbocycles. The quantitative estimate of drug-likeness (QED) is 0.893. The van der Waals surface area contributed by atoms with Crippen LogP contribution in [0.15, 0.2) is 30.3 Å². The van der Waals surface area contributed by atoms with E-state index in [-0.39, 0.29) is 5.54 Å². The highest BCUT2D eigenvalue weighted by Crippen LogP contribution is 2.15. The molecule has 0 atom stereocenters. The van der Waals surface area contributed by atoms with Gasteiger partial charge in [0.05, 0.1) is 0 Å². The van der Waals surface area contributed by atoms with Crippen molar-refractivity contribution in [1.82, 2.24) is 9.97 Å². The number of anilines is 2. The fourth-order valence-electron chi connectivity index (χ4n) is 1.98. The van der Waals surface area contributed by atoms with Gasteiger partial charge in [-0.1, -0.05) is 29.8 Å². The molecule has 0 amide bonds. The summed E-state index contributed by atoms with van der Waals surface area (Å²) in [5, 5.41) is 6.66. The zero-order valence-electron chi connectivity index (χ0n) is 13.5. The minimum atomic E-state index is -0.0188. The molecule has 1 heterocycles. The summed E-state index contributed by atoms with van der Waals surface area (Å²) in [6, 6.07) is 10.4. The summed E-state index contributed by atoms with van der Waals surface area (Å²) >= 11 is 0. The molecule has 0 aliphatic rings. The Morgan fingerprint density at radius 2 is 1.67 bits per heavy atom. The van der Waals surface area contributed by atoms with Crippen LogP contribution in [0, 0.1) is 13.8 Å². The molecule has 112 valence electrons. The molecule has 4 nitrogen and oxygen atoms in total. The molecule has 2 aromatic rings. The van der Waals surface area contributed by atoms with Gasteiger partial charge >= 0.3 is 0 Å². The van der Waals surface area contributed by atoms with E-state index < -0.39 is 0 Å². The Morgan fingerprint density at radius 1 is 1.00 bits per heavy atom. The molecular formula is C17H24N4. The number of aromatic nitrogens is 2. The van der Waals surface area contributed by atoms with E-state index in [4.69, 9.17) is 0 Å². The highest BCUT2D eigenvalue weighted by molar-refractivity contribution is 5.44. The molecule has 1 aromatic heterocycles. The van der Waals surface area contributed by atoms with Gasteiger partial charge in [0.25, 0.3) is 0 Å². The Morgan fingerprint density at radius 3 is 2.29 bits per heavy atom. The number of benzene rings is 1. The largest absolute Gasteiger partial charge is 0.365 e. The van der Waals surface area contributed by atoms with Crippen LogP contribution >= 0.6 is 0 Å². The van der Waals surface area contributed by atoms with E-state index >= 15 is 0 Å². The third-order valence-electron chi connectivity index (χ3n) is 2.93. The van der Waals surface area contributed by atoms with E-state index in [1.807, 2.05) is 13.0 Å². The van der Waals surface area contributed by atoms with Crippen LogP contribution in [0.4, 0.5) is 11.8 Å². The van der Waals surface area contributed by atoms with Gasteiger partial charge in [-0.15, -0.1) is 0 Å². The molecule has 0 radical (unpaired) electrons. The van der Waals surface area contributed by atoms with Crippen LogP contribution < -0.4 is 10.6 Å². The van der Waals surface area contributed by atoms with Crippen LogP contribution in [-0.2, 0) is 6.54 Å². The Bertz CT molecular complexity index is 597. The Balaban J connectivity index is 2.07. The average Bonchev–Trinajstić information content (AvgIpc) is 2.35. The van der Waals surface area contributed by atoms with E-state index in [1.165, 1.54) is 11.1 Å². The monoisotopic (exact) mass is 284 g/mol. The number of hydrogen-bond donors (Lipinski definition) is 2. The molecule has 1 aromatic carbocycles. The lowest BCUT2D eigenvalue weighted by Gasteiger charge is -2.21. The maximum atomic E-state index is 4.52. The molecule has 0 fully saturated rings. The highest BCUT2D eigenvalue weighted by atomic mass is 15.2. The third-order valence-corrected chi connectivity index (χ3v) is 2.93. The predicted molar refractivity (Wildman–Crippen MR) is 88.7 cm³/mol. The van der Waals surface area contributed by atoms with Crippen molar-refractivity contribution < 1.29 is 0 Å². The summed E-state index contributed by atoms with van der Waals surface area (Å²) in [4.78, 5) is 8.95. The van der Waals surface area contributed by atoms with Crippen molar-refractivity contribution in [2.45, 2.75) is 46.7 Å². The van der Waals surface area contributed by atoms with Crippen molar-refractivity contribution in [2.75, 3.05) is 10.6 Å². The number of rotatable bonds is 4. The first-order chi connectivity index (χ1) is 9.82. The van der Waals surface area contributed by atoms with Gasteiger partial charge < -0.3 is 10.6 Å². The number of nitrogens with one attached hydrogen (secondary N) is 2. The van der Waals surface area contributed by atoms with E-state index in [0.29, 0.717) is 5.95 Å². The molecule has 0 saturated heterocycles. The maximum absolute atomic E-state index is 4.52. The zero-order chi connectivity index (χ0) is 15.5. The lowest BCUT2D eigenvalue weighted by molar-refractivity contribution is 0.630. The van der Waals surface area contributed by atoms with E-state index in [9.17, 15) is 0 Å². The second-order valence-electron chi connectivity index (χ2n) is 6.43. The first kappa shape index (κ1) is 15.3. The SMILES string of the molecule is Cc1ccc(CNc2nc(C)cc(NC(C)(C)C)n2)cc1. The maximum Gasteiger partial charge on any atom is 0.225 e. The van der Waals surface area contributed by atoms with Crippen LogP contribution in [0.5, 0.6) is 0 Å². The molecule has 4 heteroatoms. The second kappa shape index (κ2) is 6.12. The van der Waals surface area contributed by atoms with Crippen LogP contribution in [0.3, 0.4) is 0 Å². The molecule has 0 bridgehead atoms. The fourth-order valence-corrected chi connectivity index (χ4v) is 1.98. The minimum absolute atomic E-state index is 0.0188. The van der Waals surface area contributed by atoms with Crippen LogP contribution in [-0.4, -0.2) is 15.5 Å². The molecule has 0 aliphatic carbocycles. The van der Waals surface area contributed by atoms with Gasteiger partial charge in [-0.2, -0.15) is 4.98 Å². The summed E-state index contributed by atoms with van der Waals surface area (Å²) in [6.07, 6.45) is 0. The van der Waals surface area contributed by atoms with Gasteiger partial charge in [-0.05, 0) is 40.2 Å². The molecule has 2 rings (SSSR count). The van der Waals surface area contributed by atoms with Gasteiger partial charge in [0.15, 0.2) is 0 Å². The van der Waals surface area contributed by atoms with Gasteiger partial charge in [-0.25, -0.2) is 4.98 Å². The molecule has 0 aliphatic heterocycles. The Hall–Kier alpha value is -2.10. The molecular weight excluding hydrogens is 260 g/mol. The number of nitrogens with zero attached hydrogens (tertiary/aromatic N) is 2. The van der Waals surface area contributed by atoms with Gasteiger partial charge in [0, 0.05) is 23.8 Å². The van der Waals surface area contributed by atoms with Crippen molar-refractivity contribution >= 4 is 11.8 Å². The van der Waals surface area contributed by atoms with Crippen LogP contribution in [0.1, 0.15) is 37.6 Å². The Kier molecular flexibility index (Phi) is 4.46. The minimum Gasteiger partial charge on any atom is -0.365 e. The van der Waals surface area contributed by atoms with E-state index in [2.05, 4.69) is 72.6 Å². The fraction of sp³-hybridized carbons (Fsp3) is 0.412. The second-order valence-corrected chi connectivity index (χ2v) is 6.43.